The molecule has 4 heteroatoms. The number of hydrogen-bond acceptors (Lipinski definition) is 4. The van der Waals surface area contributed by atoms with Crippen LogP contribution in [0.15, 0.2) is 42.0 Å². The lowest BCUT2D eigenvalue weighted by Crippen LogP contribution is -2.26. The maximum Gasteiger partial charge on any atom is 0.338 e. The zero-order chi connectivity index (χ0) is 13.8. The van der Waals surface area contributed by atoms with E-state index in [9.17, 15) is 4.79 Å². The largest absolute Gasteiger partial charge is 0.458 e. The third-order valence-corrected chi connectivity index (χ3v) is 3.73. The van der Waals surface area contributed by atoms with E-state index in [1.54, 1.807) is 12.1 Å². The van der Waals surface area contributed by atoms with Gasteiger partial charge in [-0.05, 0) is 36.6 Å². The fourth-order valence-electron chi connectivity index (χ4n) is 2.66. The van der Waals surface area contributed by atoms with Crippen molar-refractivity contribution in [2.24, 2.45) is 5.92 Å². The fraction of sp³-hybridized carbons (Fsp3) is 0.438. The van der Waals surface area contributed by atoms with E-state index in [-0.39, 0.29) is 18.9 Å². The van der Waals surface area contributed by atoms with Gasteiger partial charge in [0, 0.05) is 12.5 Å². The number of carbonyl (C=O) groups excluding carboxylic acids is 1. The number of rotatable bonds is 3. The zero-order valence-corrected chi connectivity index (χ0v) is 11.3. The van der Waals surface area contributed by atoms with Crippen molar-refractivity contribution in [1.29, 1.82) is 0 Å². The molecular weight excluding hydrogens is 256 g/mol. The Morgan fingerprint density at radius 2 is 2.15 bits per heavy atom. The van der Waals surface area contributed by atoms with Gasteiger partial charge in [-0.25, -0.2) is 4.79 Å². The van der Waals surface area contributed by atoms with E-state index in [4.69, 9.17) is 14.2 Å². The molecule has 2 saturated heterocycles. The van der Waals surface area contributed by atoms with E-state index in [1.807, 2.05) is 24.3 Å². The standard InChI is InChI=1S/C16H18O4/c17-15(12-5-2-1-3-6-12)18-10-8-13-11-20-16-14(13)7-4-9-19-16/h1-3,5-6,8,14,16H,4,7,9-11H2/b13-8-/t14-,16+/m1/s1. The SMILES string of the molecule is O=C(OC/C=C1/CO[C@@H]2OCCC[C@H]12)c1ccccc1. The van der Waals surface area contributed by atoms with Crippen molar-refractivity contribution in [3.05, 3.63) is 47.5 Å². The Morgan fingerprint density at radius 1 is 1.30 bits per heavy atom. The molecule has 0 unspecified atom stereocenters. The maximum atomic E-state index is 11.8. The summed E-state index contributed by atoms with van der Waals surface area (Å²) < 4.78 is 16.4. The van der Waals surface area contributed by atoms with Crippen LogP contribution in [0.5, 0.6) is 0 Å². The number of fused-ring (bicyclic) bond motifs is 1. The molecule has 0 spiro atoms. The summed E-state index contributed by atoms with van der Waals surface area (Å²) in [6.45, 7) is 1.64. The van der Waals surface area contributed by atoms with Crippen molar-refractivity contribution in [2.45, 2.75) is 19.1 Å². The van der Waals surface area contributed by atoms with Crippen molar-refractivity contribution in [1.82, 2.24) is 0 Å². The van der Waals surface area contributed by atoms with Crippen molar-refractivity contribution < 1.29 is 19.0 Å². The topological polar surface area (TPSA) is 44.8 Å². The molecule has 0 saturated carbocycles. The van der Waals surface area contributed by atoms with Crippen molar-refractivity contribution in [2.75, 3.05) is 19.8 Å². The lowest BCUT2D eigenvalue weighted by Gasteiger charge is -2.24. The molecule has 1 aromatic carbocycles. The minimum absolute atomic E-state index is 0.0974. The van der Waals surface area contributed by atoms with E-state index in [0.717, 1.165) is 19.4 Å². The molecule has 4 nitrogen and oxygen atoms in total. The molecule has 2 fully saturated rings. The van der Waals surface area contributed by atoms with Gasteiger partial charge in [0.05, 0.1) is 12.2 Å². The zero-order valence-electron chi connectivity index (χ0n) is 11.3. The van der Waals surface area contributed by atoms with Crippen LogP contribution in [0, 0.1) is 5.92 Å². The smallest absolute Gasteiger partial charge is 0.338 e. The third kappa shape index (κ3) is 2.92. The van der Waals surface area contributed by atoms with Gasteiger partial charge in [0.1, 0.15) is 6.61 Å². The van der Waals surface area contributed by atoms with Crippen LogP contribution in [0.2, 0.25) is 0 Å². The van der Waals surface area contributed by atoms with Gasteiger partial charge < -0.3 is 14.2 Å². The van der Waals surface area contributed by atoms with Gasteiger partial charge >= 0.3 is 5.97 Å². The van der Waals surface area contributed by atoms with Gasteiger partial charge in [0.15, 0.2) is 6.29 Å². The van der Waals surface area contributed by atoms with Crippen LogP contribution < -0.4 is 0 Å². The molecule has 2 atom stereocenters. The minimum Gasteiger partial charge on any atom is -0.458 e. The van der Waals surface area contributed by atoms with Gasteiger partial charge in [0.25, 0.3) is 0 Å². The van der Waals surface area contributed by atoms with Gasteiger partial charge in [-0.3, -0.25) is 0 Å². The highest BCUT2D eigenvalue weighted by molar-refractivity contribution is 5.89. The molecule has 3 rings (SSSR count). The summed E-state index contributed by atoms with van der Waals surface area (Å²) in [4.78, 5) is 11.8. The summed E-state index contributed by atoms with van der Waals surface area (Å²) >= 11 is 0. The molecule has 0 N–H and O–H groups in total. The van der Waals surface area contributed by atoms with Crippen LogP contribution in [-0.4, -0.2) is 32.1 Å². The molecular formula is C16H18O4. The lowest BCUT2D eigenvalue weighted by molar-refractivity contribution is -0.150. The van der Waals surface area contributed by atoms with E-state index in [2.05, 4.69) is 0 Å². The molecule has 1 aromatic rings. The van der Waals surface area contributed by atoms with Crippen LogP contribution in [0.4, 0.5) is 0 Å². The summed E-state index contributed by atoms with van der Waals surface area (Å²) in [5.74, 6) is 0.0389. The van der Waals surface area contributed by atoms with Crippen molar-refractivity contribution >= 4 is 5.97 Å². The first-order valence-electron chi connectivity index (χ1n) is 6.99. The number of ether oxygens (including phenoxy) is 3. The van der Waals surface area contributed by atoms with Crippen LogP contribution >= 0.6 is 0 Å². The highest BCUT2D eigenvalue weighted by Crippen LogP contribution is 2.34. The van der Waals surface area contributed by atoms with E-state index < -0.39 is 0 Å². The second kappa shape index (κ2) is 6.20. The van der Waals surface area contributed by atoms with Gasteiger partial charge in [-0.2, -0.15) is 0 Å². The highest BCUT2D eigenvalue weighted by Gasteiger charge is 2.35. The normalized spacial score (nSPS) is 27.3. The molecule has 0 aromatic heterocycles. The molecule has 0 amide bonds. The molecule has 2 aliphatic heterocycles. The second-order valence-corrected chi connectivity index (χ2v) is 5.04. The number of carbonyl (C=O) groups is 1. The Hall–Kier alpha value is -1.65. The van der Waals surface area contributed by atoms with Gasteiger partial charge in [0.2, 0.25) is 0 Å². The van der Waals surface area contributed by atoms with Crippen molar-refractivity contribution in [3.63, 3.8) is 0 Å². The average Bonchev–Trinajstić information content (AvgIpc) is 2.92. The lowest BCUT2D eigenvalue weighted by atomic mass is 9.94. The molecule has 0 bridgehead atoms. The number of esters is 1. The monoisotopic (exact) mass is 274 g/mol. The summed E-state index contributed by atoms with van der Waals surface area (Å²) in [6.07, 6.45) is 4.01. The van der Waals surface area contributed by atoms with Crippen LogP contribution in [-0.2, 0) is 14.2 Å². The summed E-state index contributed by atoms with van der Waals surface area (Å²) in [5.41, 5.74) is 1.77. The highest BCUT2D eigenvalue weighted by atomic mass is 16.7. The Bertz CT molecular complexity index is 494. The summed E-state index contributed by atoms with van der Waals surface area (Å²) in [5, 5.41) is 0. The second-order valence-electron chi connectivity index (χ2n) is 5.04. The van der Waals surface area contributed by atoms with Gasteiger partial charge in [-0.15, -0.1) is 0 Å². The predicted octanol–water partition coefficient (Wildman–Crippen LogP) is 2.55. The number of hydrogen-bond donors (Lipinski definition) is 0. The predicted molar refractivity (Wildman–Crippen MR) is 73.2 cm³/mol. The van der Waals surface area contributed by atoms with Crippen LogP contribution in [0.3, 0.4) is 0 Å². The molecule has 2 heterocycles. The van der Waals surface area contributed by atoms with E-state index in [0.29, 0.717) is 18.1 Å². The molecule has 2 aliphatic rings. The molecule has 20 heavy (non-hydrogen) atoms. The summed E-state index contributed by atoms with van der Waals surface area (Å²) in [6, 6.07) is 9.02. The quantitative estimate of drug-likeness (QED) is 0.627. The maximum absolute atomic E-state index is 11.8. The Labute approximate surface area is 118 Å². The molecule has 106 valence electrons. The van der Waals surface area contributed by atoms with Gasteiger partial charge in [-0.1, -0.05) is 18.2 Å². The Kier molecular flexibility index (Phi) is 4.14. The fourth-order valence-corrected chi connectivity index (χ4v) is 2.66. The average molecular weight is 274 g/mol. The van der Waals surface area contributed by atoms with E-state index in [1.165, 1.54) is 5.57 Å². The third-order valence-electron chi connectivity index (χ3n) is 3.73. The van der Waals surface area contributed by atoms with E-state index >= 15 is 0 Å². The first-order chi connectivity index (χ1) is 9.84. The first-order valence-corrected chi connectivity index (χ1v) is 6.99. The van der Waals surface area contributed by atoms with Crippen molar-refractivity contribution in [3.8, 4) is 0 Å². The van der Waals surface area contributed by atoms with Crippen LogP contribution in [0.1, 0.15) is 23.2 Å². The first kappa shape index (κ1) is 13.3. The summed E-state index contributed by atoms with van der Waals surface area (Å²) in [7, 11) is 0. The Morgan fingerprint density at radius 3 is 3.00 bits per heavy atom. The molecule has 0 radical (unpaired) electrons. The minimum atomic E-state index is -0.294. The number of benzene rings is 1. The van der Waals surface area contributed by atoms with Crippen LogP contribution in [0.25, 0.3) is 0 Å². The Balaban J connectivity index is 1.54. The molecule has 0 aliphatic carbocycles.